The van der Waals surface area contributed by atoms with Crippen molar-refractivity contribution < 1.29 is 13.3 Å². The molecule has 7 aromatic carbocycles. The number of fused-ring (bicyclic) bond motifs is 9. The van der Waals surface area contributed by atoms with E-state index in [1.165, 1.54) is 0 Å². The molecule has 0 bridgehead atoms. The third-order valence-electron chi connectivity index (χ3n) is 9.76. The molecule has 0 amide bonds. The Hall–Kier alpha value is -7.05. The highest BCUT2D eigenvalue weighted by atomic mass is 16.3. The number of benzene rings is 7. The molecule has 6 nitrogen and oxygen atoms in total. The molecule has 51 heavy (non-hydrogen) atoms. The molecule has 0 aliphatic carbocycles. The first-order valence-electron chi connectivity index (χ1n) is 16.9. The zero-order valence-corrected chi connectivity index (χ0v) is 27.0. The molecular formula is C45H25N3O3. The van der Waals surface area contributed by atoms with Gasteiger partial charge >= 0.3 is 0 Å². The van der Waals surface area contributed by atoms with Crippen LogP contribution in [0.5, 0.6) is 0 Å². The summed E-state index contributed by atoms with van der Waals surface area (Å²) < 4.78 is 19.1. The summed E-state index contributed by atoms with van der Waals surface area (Å²) >= 11 is 0. The Morgan fingerprint density at radius 3 is 1.69 bits per heavy atom. The first kappa shape index (κ1) is 27.9. The normalized spacial score (nSPS) is 11.9. The Morgan fingerprint density at radius 2 is 0.882 bits per heavy atom. The van der Waals surface area contributed by atoms with Crippen LogP contribution >= 0.6 is 0 Å². The molecule has 11 rings (SSSR count). The number of nitrogens with zero attached hydrogens (tertiary/aromatic N) is 3. The Bertz CT molecular complexity index is 3150. The quantitative estimate of drug-likeness (QED) is 0.188. The van der Waals surface area contributed by atoms with Gasteiger partial charge in [0.05, 0.1) is 0 Å². The third-order valence-corrected chi connectivity index (χ3v) is 9.76. The summed E-state index contributed by atoms with van der Waals surface area (Å²) in [5.41, 5.74) is 9.55. The molecule has 4 aromatic heterocycles. The lowest BCUT2D eigenvalue weighted by Crippen LogP contribution is -2.00. The monoisotopic (exact) mass is 655 g/mol. The van der Waals surface area contributed by atoms with Crippen LogP contribution in [-0.2, 0) is 0 Å². The maximum atomic E-state index is 6.74. The van der Waals surface area contributed by atoms with Gasteiger partial charge in [0.15, 0.2) is 17.5 Å². The van der Waals surface area contributed by atoms with Crippen molar-refractivity contribution in [1.29, 1.82) is 0 Å². The van der Waals surface area contributed by atoms with Gasteiger partial charge in [0, 0.05) is 54.6 Å². The van der Waals surface area contributed by atoms with Crippen molar-refractivity contribution >= 4 is 65.8 Å². The highest BCUT2D eigenvalue weighted by molar-refractivity contribution is 6.20. The number of hydrogen-bond acceptors (Lipinski definition) is 6. The van der Waals surface area contributed by atoms with Crippen molar-refractivity contribution in [3.63, 3.8) is 0 Å². The Morgan fingerprint density at radius 1 is 0.314 bits per heavy atom. The molecule has 0 radical (unpaired) electrons. The highest BCUT2D eigenvalue weighted by Gasteiger charge is 2.23. The molecule has 0 fully saturated rings. The lowest BCUT2D eigenvalue weighted by molar-refractivity contribution is 0.668. The van der Waals surface area contributed by atoms with Crippen molar-refractivity contribution in [2.24, 2.45) is 0 Å². The van der Waals surface area contributed by atoms with Gasteiger partial charge in [-0.05, 0) is 60.2 Å². The van der Waals surface area contributed by atoms with E-state index in [1.807, 2.05) is 109 Å². The van der Waals surface area contributed by atoms with Gasteiger partial charge in [-0.1, -0.05) is 97.1 Å². The molecular weight excluding hydrogens is 631 g/mol. The lowest BCUT2D eigenvalue weighted by atomic mass is 9.95. The van der Waals surface area contributed by atoms with Gasteiger partial charge in [0.25, 0.3) is 0 Å². The second-order valence-corrected chi connectivity index (χ2v) is 12.7. The summed E-state index contributed by atoms with van der Waals surface area (Å²) in [6, 6.07) is 51.0. The number of hydrogen-bond donors (Lipinski definition) is 0. The molecule has 0 aliphatic rings. The molecule has 4 heterocycles. The first-order valence-corrected chi connectivity index (χ1v) is 16.9. The molecule has 0 N–H and O–H groups in total. The highest BCUT2D eigenvalue weighted by Crippen LogP contribution is 2.45. The summed E-state index contributed by atoms with van der Waals surface area (Å²) in [5, 5.41) is 6.12. The standard InChI is InChI=1S/C45H25N3O3/c1-2-11-26(12-3-1)43-46-44(27-21-24-38-34(25-27)28-13-4-7-17-35(28)49-38)48-45(47-43)33-23-22-30(42-41(33)32-15-6-9-19-37(32)51-42)29-16-10-20-39-40(29)31-14-5-8-18-36(31)50-39/h1-25H. The molecule has 0 atom stereocenters. The van der Waals surface area contributed by atoms with Crippen LogP contribution in [0.1, 0.15) is 0 Å². The van der Waals surface area contributed by atoms with Crippen molar-refractivity contribution in [1.82, 2.24) is 15.0 Å². The second kappa shape index (κ2) is 10.7. The minimum atomic E-state index is 0.561. The van der Waals surface area contributed by atoms with E-state index in [2.05, 4.69) is 42.5 Å². The molecule has 238 valence electrons. The third kappa shape index (κ3) is 4.26. The van der Waals surface area contributed by atoms with Crippen molar-refractivity contribution in [2.75, 3.05) is 0 Å². The Labute approximate surface area is 290 Å². The van der Waals surface area contributed by atoms with Crippen LogP contribution < -0.4 is 0 Å². The van der Waals surface area contributed by atoms with Crippen LogP contribution in [-0.4, -0.2) is 15.0 Å². The van der Waals surface area contributed by atoms with Crippen molar-refractivity contribution in [3.05, 3.63) is 152 Å². The van der Waals surface area contributed by atoms with E-state index in [9.17, 15) is 0 Å². The van der Waals surface area contributed by atoms with E-state index in [-0.39, 0.29) is 0 Å². The van der Waals surface area contributed by atoms with Gasteiger partial charge in [-0.3, -0.25) is 0 Å². The van der Waals surface area contributed by atoms with E-state index in [0.29, 0.717) is 17.5 Å². The zero-order valence-electron chi connectivity index (χ0n) is 27.0. The second-order valence-electron chi connectivity index (χ2n) is 12.7. The van der Waals surface area contributed by atoms with Crippen LogP contribution in [0.25, 0.3) is 111 Å². The van der Waals surface area contributed by atoms with Gasteiger partial charge in [-0.2, -0.15) is 0 Å². The summed E-state index contributed by atoms with van der Waals surface area (Å²) in [5.74, 6) is 1.73. The van der Waals surface area contributed by atoms with Crippen LogP contribution in [0, 0.1) is 0 Å². The largest absolute Gasteiger partial charge is 0.456 e. The molecule has 0 saturated heterocycles. The molecule has 0 aliphatic heterocycles. The minimum absolute atomic E-state index is 0.561. The van der Waals surface area contributed by atoms with Gasteiger partial charge < -0.3 is 13.3 Å². The molecule has 6 heteroatoms. The minimum Gasteiger partial charge on any atom is -0.456 e. The number of aromatic nitrogens is 3. The predicted octanol–water partition coefficient (Wildman–Crippen LogP) is 12.2. The fraction of sp³-hybridized carbons (Fsp3) is 0. The van der Waals surface area contributed by atoms with E-state index in [0.717, 1.165) is 93.6 Å². The lowest BCUT2D eigenvalue weighted by Gasteiger charge is -2.11. The predicted molar refractivity (Wildman–Crippen MR) is 203 cm³/mol. The van der Waals surface area contributed by atoms with E-state index < -0.39 is 0 Å². The Kier molecular flexibility index (Phi) is 5.86. The molecule has 11 aromatic rings. The fourth-order valence-corrected chi connectivity index (χ4v) is 7.43. The van der Waals surface area contributed by atoms with Gasteiger partial charge in [0.2, 0.25) is 0 Å². The molecule has 0 spiro atoms. The van der Waals surface area contributed by atoms with E-state index in [1.54, 1.807) is 0 Å². The smallest absolute Gasteiger partial charge is 0.164 e. The molecule has 0 unspecified atom stereocenters. The molecule has 0 saturated carbocycles. The van der Waals surface area contributed by atoms with Gasteiger partial charge in [-0.25, -0.2) is 15.0 Å². The van der Waals surface area contributed by atoms with Crippen LogP contribution in [0.4, 0.5) is 0 Å². The van der Waals surface area contributed by atoms with E-state index >= 15 is 0 Å². The summed E-state index contributed by atoms with van der Waals surface area (Å²) in [6.07, 6.45) is 0. The first-order chi connectivity index (χ1) is 25.3. The van der Waals surface area contributed by atoms with Crippen LogP contribution in [0.2, 0.25) is 0 Å². The number of para-hydroxylation sites is 3. The maximum Gasteiger partial charge on any atom is 0.164 e. The average Bonchev–Trinajstić information content (AvgIpc) is 3.89. The van der Waals surface area contributed by atoms with E-state index in [4.69, 9.17) is 28.2 Å². The number of rotatable bonds is 4. The SMILES string of the molecule is c1ccc(-c2nc(-c3ccc4oc5ccccc5c4c3)nc(-c3ccc(-c4cccc5oc6ccccc6c45)c4oc5ccccc5c34)n2)cc1. The van der Waals surface area contributed by atoms with Crippen LogP contribution in [0.15, 0.2) is 165 Å². The fourth-order valence-electron chi connectivity index (χ4n) is 7.43. The topological polar surface area (TPSA) is 78.1 Å². The van der Waals surface area contributed by atoms with Crippen molar-refractivity contribution in [2.45, 2.75) is 0 Å². The van der Waals surface area contributed by atoms with Gasteiger partial charge in [-0.15, -0.1) is 0 Å². The average molecular weight is 656 g/mol. The Balaban J connectivity index is 1.18. The maximum absolute atomic E-state index is 6.74. The summed E-state index contributed by atoms with van der Waals surface area (Å²) in [4.78, 5) is 15.3. The summed E-state index contributed by atoms with van der Waals surface area (Å²) in [6.45, 7) is 0. The van der Waals surface area contributed by atoms with Crippen LogP contribution in [0.3, 0.4) is 0 Å². The zero-order chi connectivity index (χ0) is 33.5. The number of furan rings is 3. The van der Waals surface area contributed by atoms with Gasteiger partial charge in [0.1, 0.15) is 33.5 Å². The van der Waals surface area contributed by atoms with Crippen molar-refractivity contribution in [3.8, 4) is 45.3 Å². The summed E-state index contributed by atoms with van der Waals surface area (Å²) in [7, 11) is 0.